The molecule has 1 aliphatic carbocycles. The number of thioether (sulfide) groups is 1. The van der Waals surface area contributed by atoms with Gasteiger partial charge in [-0.05, 0) is 92.3 Å². The van der Waals surface area contributed by atoms with Crippen molar-refractivity contribution in [2.45, 2.75) is 49.2 Å². The third-order valence-corrected chi connectivity index (χ3v) is 10.6. The maximum atomic E-state index is 13.8. The number of carbonyl (C=O) groups is 4. The van der Waals surface area contributed by atoms with Gasteiger partial charge in [-0.2, -0.15) is 0 Å². The molecule has 5 rings (SSSR count). The van der Waals surface area contributed by atoms with Crippen molar-refractivity contribution in [2.24, 2.45) is 0 Å². The van der Waals surface area contributed by atoms with E-state index in [-0.39, 0.29) is 11.6 Å². The van der Waals surface area contributed by atoms with Gasteiger partial charge in [-0.3, -0.25) is 14.4 Å². The molecule has 1 atom stereocenters. The number of amides is 3. The summed E-state index contributed by atoms with van der Waals surface area (Å²) in [6.45, 7) is 1.78. The van der Waals surface area contributed by atoms with E-state index in [0.29, 0.717) is 44.6 Å². The smallest absolute Gasteiger partial charge is 0.341 e. The summed E-state index contributed by atoms with van der Waals surface area (Å²) in [5, 5.41) is 8.55. The highest BCUT2D eigenvalue weighted by atomic mass is 32.2. The van der Waals surface area contributed by atoms with Crippen molar-refractivity contribution in [3.05, 3.63) is 99.6 Å². The normalized spacial score (nSPS) is 13.1. The van der Waals surface area contributed by atoms with Crippen molar-refractivity contribution in [1.82, 2.24) is 5.32 Å². The van der Waals surface area contributed by atoms with Gasteiger partial charge in [-0.15, -0.1) is 23.1 Å². The molecule has 1 unspecified atom stereocenters. The predicted molar refractivity (Wildman–Crippen MR) is 204 cm³/mol. The van der Waals surface area contributed by atoms with E-state index < -0.39 is 23.0 Å². The molecule has 0 radical (unpaired) electrons. The van der Waals surface area contributed by atoms with Crippen LogP contribution in [0.25, 0.3) is 6.08 Å². The lowest BCUT2D eigenvalue weighted by Crippen LogP contribution is -2.30. The van der Waals surface area contributed by atoms with Crippen LogP contribution in [-0.4, -0.2) is 57.4 Å². The third kappa shape index (κ3) is 9.14. The SMILES string of the molecule is COC(=O)c1c(NC(=O)C(C)Sc2cccc(NC(=O)/C(=C\c3cc(OC)c(OC)c(OC)c3)NC(=O)c3ccccc3)c2)sc2c1CCCCC2. The predicted octanol–water partition coefficient (Wildman–Crippen LogP) is 7.36. The Morgan fingerprint density at radius 2 is 1.54 bits per heavy atom. The van der Waals surface area contributed by atoms with E-state index in [4.69, 9.17) is 18.9 Å². The zero-order valence-corrected chi connectivity index (χ0v) is 31.3. The van der Waals surface area contributed by atoms with Crippen LogP contribution >= 0.6 is 23.1 Å². The van der Waals surface area contributed by atoms with E-state index in [1.807, 2.05) is 6.07 Å². The first kappa shape index (κ1) is 38.0. The van der Waals surface area contributed by atoms with Crippen LogP contribution in [0.15, 0.2) is 77.3 Å². The quantitative estimate of drug-likeness (QED) is 0.0555. The van der Waals surface area contributed by atoms with E-state index >= 15 is 0 Å². The zero-order valence-electron chi connectivity index (χ0n) is 29.6. The molecule has 0 bridgehead atoms. The molecule has 0 spiro atoms. The van der Waals surface area contributed by atoms with Crippen LogP contribution in [0.1, 0.15) is 62.9 Å². The van der Waals surface area contributed by atoms with Crippen LogP contribution in [0.3, 0.4) is 0 Å². The molecule has 1 aliphatic rings. The fraction of sp³-hybridized carbons (Fsp3) is 0.282. The number of carbonyl (C=O) groups excluding carboxylic acids is 4. The summed E-state index contributed by atoms with van der Waals surface area (Å²) in [7, 11) is 5.81. The molecule has 1 heterocycles. The van der Waals surface area contributed by atoms with E-state index in [1.54, 1.807) is 67.6 Å². The van der Waals surface area contributed by atoms with Crippen molar-refractivity contribution in [3.63, 3.8) is 0 Å². The molecule has 3 amide bonds. The molecule has 0 aliphatic heterocycles. The van der Waals surface area contributed by atoms with Crippen LogP contribution in [0.5, 0.6) is 17.2 Å². The summed E-state index contributed by atoms with van der Waals surface area (Å²) in [5.74, 6) is -0.638. The largest absolute Gasteiger partial charge is 0.493 e. The molecule has 1 aromatic heterocycles. The molecule has 0 saturated heterocycles. The highest BCUT2D eigenvalue weighted by Gasteiger charge is 2.28. The van der Waals surface area contributed by atoms with E-state index in [1.165, 1.54) is 57.6 Å². The minimum atomic E-state index is -0.584. The number of hydrogen-bond donors (Lipinski definition) is 3. The summed E-state index contributed by atoms with van der Waals surface area (Å²) in [5.41, 5.74) is 2.72. The van der Waals surface area contributed by atoms with E-state index in [9.17, 15) is 19.2 Å². The zero-order chi connectivity index (χ0) is 37.2. The Balaban J connectivity index is 1.35. The molecule has 0 fully saturated rings. The average Bonchev–Trinajstić information content (AvgIpc) is 3.33. The van der Waals surface area contributed by atoms with E-state index in [2.05, 4.69) is 16.0 Å². The monoisotopic (exact) mass is 743 g/mol. The van der Waals surface area contributed by atoms with Crippen LogP contribution in [0.2, 0.25) is 0 Å². The fourth-order valence-electron chi connectivity index (χ4n) is 5.76. The number of rotatable bonds is 13. The van der Waals surface area contributed by atoms with Crippen LogP contribution in [0, 0.1) is 0 Å². The lowest BCUT2D eigenvalue weighted by Gasteiger charge is -2.15. The number of fused-ring (bicyclic) bond motifs is 1. The fourth-order valence-corrected chi connectivity index (χ4v) is 7.97. The Bertz CT molecular complexity index is 1950. The minimum absolute atomic E-state index is 0.0373. The Morgan fingerprint density at radius 1 is 0.827 bits per heavy atom. The molecule has 272 valence electrons. The lowest BCUT2D eigenvalue weighted by molar-refractivity contribution is -0.115. The Morgan fingerprint density at radius 3 is 2.21 bits per heavy atom. The van der Waals surface area contributed by atoms with Crippen LogP contribution < -0.4 is 30.2 Å². The maximum Gasteiger partial charge on any atom is 0.341 e. The molecule has 11 nitrogen and oxygen atoms in total. The number of ether oxygens (including phenoxy) is 4. The number of hydrogen-bond acceptors (Lipinski definition) is 10. The highest BCUT2D eigenvalue weighted by molar-refractivity contribution is 8.00. The molecule has 52 heavy (non-hydrogen) atoms. The molecule has 3 N–H and O–H groups in total. The number of benzene rings is 3. The summed E-state index contributed by atoms with van der Waals surface area (Å²) < 4.78 is 21.5. The van der Waals surface area contributed by atoms with Crippen molar-refractivity contribution < 1.29 is 38.1 Å². The summed E-state index contributed by atoms with van der Waals surface area (Å²) >= 11 is 2.75. The summed E-state index contributed by atoms with van der Waals surface area (Å²) in [6, 6.07) is 18.9. The van der Waals surface area contributed by atoms with Crippen molar-refractivity contribution in [3.8, 4) is 17.2 Å². The number of methoxy groups -OCH3 is 4. The number of thiophene rings is 1. The second-order valence-corrected chi connectivity index (χ2v) is 14.3. The molecule has 13 heteroatoms. The molecular formula is C39H41N3O8S2. The van der Waals surface area contributed by atoms with Crippen molar-refractivity contribution >= 4 is 63.6 Å². The van der Waals surface area contributed by atoms with Crippen LogP contribution in [-0.2, 0) is 27.2 Å². The molecular weight excluding hydrogens is 703 g/mol. The van der Waals surface area contributed by atoms with E-state index in [0.717, 1.165) is 47.4 Å². The van der Waals surface area contributed by atoms with Gasteiger partial charge in [0.25, 0.3) is 11.8 Å². The summed E-state index contributed by atoms with van der Waals surface area (Å²) in [4.78, 5) is 55.0. The second-order valence-electron chi connectivity index (χ2n) is 11.8. The third-order valence-electron chi connectivity index (χ3n) is 8.35. The Labute approximate surface area is 311 Å². The summed E-state index contributed by atoms with van der Waals surface area (Å²) in [6.07, 6.45) is 6.30. The molecule has 4 aromatic rings. The van der Waals surface area contributed by atoms with Crippen molar-refractivity contribution in [2.75, 3.05) is 39.1 Å². The number of aryl methyl sites for hydroxylation is 1. The minimum Gasteiger partial charge on any atom is -0.493 e. The van der Waals surface area contributed by atoms with Gasteiger partial charge in [-0.1, -0.05) is 30.7 Å². The first-order chi connectivity index (χ1) is 25.1. The Kier molecular flexibility index (Phi) is 13.0. The van der Waals surface area contributed by atoms with Crippen LogP contribution in [0.4, 0.5) is 10.7 Å². The van der Waals surface area contributed by atoms with Gasteiger partial charge >= 0.3 is 5.97 Å². The Hall–Kier alpha value is -5.27. The van der Waals surface area contributed by atoms with Gasteiger partial charge < -0.3 is 34.9 Å². The van der Waals surface area contributed by atoms with Gasteiger partial charge in [0, 0.05) is 21.0 Å². The number of esters is 1. The first-order valence-electron chi connectivity index (χ1n) is 16.7. The van der Waals surface area contributed by atoms with Gasteiger partial charge in [0.2, 0.25) is 11.7 Å². The van der Waals surface area contributed by atoms with Gasteiger partial charge in [0.1, 0.15) is 10.7 Å². The van der Waals surface area contributed by atoms with Crippen molar-refractivity contribution in [1.29, 1.82) is 0 Å². The standard InChI is InChI=1S/C39H41N3O8S2/c1-23(35(43)42-38-33(39(46)50-5)28-17-10-7-11-18-32(28)52-38)51-27-16-12-15-26(22-27)40-37(45)29(41-36(44)25-13-8-6-9-14-25)19-24-20-30(47-2)34(49-4)31(21-24)48-3/h6,8-9,12-16,19-23H,7,10-11,17-18H2,1-5H3,(H,40,45)(H,41,44)(H,42,43)/b29-19+. The van der Waals surface area contributed by atoms with Gasteiger partial charge in [0.15, 0.2) is 11.5 Å². The second kappa shape index (κ2) is 17.8. The van der Waals surface area contributed by atoms with Gasteiger partial charge in [-0.25, -0.2) is 4.79 Å². The number of nitrogens with one attached hydrogen (secondary N) is 3. The molecule has 3 aromatic carbocycles. The van der Waals surface area contributed by atoms with Gasteiger partial charge in [0.05, 0.1) is 39.3 Å². The first-order valence-corrected chi connectivity index (χ1v) is 18.3. The average molecular weight is 744 g/mol. The highest BCUT2D eigenvalue weighted by Crippen LogP contribution is 2.40. The lowest BCUT2D eigenvalue weighted by atomic mass is 10.1. The topological polar surface area (TPSA) is 141 Å². The molecule has 0 saturated carbocycles. The maximum absolute atomic E-state index is 13.8. The number of anilines is 2.